The van der Waals surface area contributed by atoms with E-state index in [4.69, 9.17) is 8.37 Å². The lowest BCUT2D eigenvalue weighted by atomic mass is 10.0. The van der Waals surface area contributed by atoms with E-state index in [0.29, 0.717) is 11.5 Å². The van der Waals surface area contributed by atoms with Crippen molar-refractivity contribution < 1.29 is 16.8 Å². The lowest BCUT2D eigenvalue weighted by Gasteiger charge is -2.14. The van der Waals surface area contributed by atoms with Crippen molar-refractivity contribution >= 4 is 10.4 Å². The van der Waals surface area contributed by atoms with Crippen LogP contribution in [0.15, 0.2) is 48.5 Å². The van der Waals surface area contributed by atoms with Gasteiger partial charge in [-0.05, 0) is 48.9 Å². The summed E-state index contributed by atoms with van der Waals surface area (Å²) in [7, 11) is -4.25. The first-order valence-corrected chi connectivity index (χ1v) is 22.2. The Hall–Kier alpha value is -2.01. The lowest BCUT2D eigenvalue weighted by molar-refractivity contribution is 0.388. The molecule has 0 radical (unpaired) electrons. The number of unbranched alkanes of at least 4 members (excludes halogenated alkanes) is 26. The fourth-order valence-corrected chi connectivity index (χ4v) is 7.64. The Morgan fingerprint density at radius 3 is 0.898 bits per heavy atom. The Morgan fingerprint density at radius 1 is 0.367 bits per heavy atom. The molecule has 2 rings (SSSR count). The van der Waals surface area contributed by atoms with Crippen LogP contribution in [0.1, 0.15) is 205 Å². The van der Waals surface area contributed by atoms with Gasteiger partial charge in [-0.1, -0.05) is 217 Å². The standard InChI is InChI=1S/C44H74O4S/c1-3-5-7-9-11-13-15-17-19-21-23-25-27-29-35-41-37-31-33-39-43(41)47-49(45,46)48-44-40-34-32-38-42(44)36-30-28-26-24-22-20-18-16-14-12-10-8-6-4-2/h31-34,37-40H,3-30,35-36H2,1-2H3. The zero-order chi connectivity index (χ0) is 35.1. The molecule has 0 amide bonds. The molecule has 0 N–H and O–H groups in total. The van der Waals surface area contributed by atoms with Crippen LogP contribution in [0.3, 0.4) is 0 Å². The summed E-state index contributed by atoms with van der Waals surface area (Å²) in [6, 6.07) is 15.0. The molecule has 0 heterocycles. The van der Waals surface area contributed by atoms with E-state index in [0.717, 1.165) is 49.7 Å². The van der Waals surface area contributed by atoms with Crippen molar-refractivity contribution in [3.05, 3.63) is 59.7 Å². The van der Waals surface area contributed by atoms with Gasteiger partial charge in [-0.2, -0.15) is 0 Å². The summed E-state index contributed by atoms with van der Waals surface area (Å²) in [5.74, 6) is 0.753. The molecule has 5 heteroatoms. The maximum Gasteiger partial charge on any atom is 0.501 e. The Balaban J connectivity index is 1.61. The zero-order valence-electron chi connectivity index (χ0n) is 31.9. The number of para-hydroxylation sites is 2. The van der Waals surface area contributed by atoms with Gasteiger partial charge in [0.15, 0.2) is 0 Å². The summed E-state index contributed by atoms with van der Waals surface area (Å²) in [5, 5.41) is 0. The molecule has 49 heavy (non-hydrogen) atoms. The van der Waals surface area contributed by atoms with Crippen LogP contribution in [0.2, 0.25) is 0 Å². The van der Waals surface area contributed by atoms with Gasteiger partial charge in [0.05, 0.1) is 0 Å². The van der Waals surface area contributed by atoms with Crippen molar-refractivity contribution in [3.8, 4) is 11.5 Å². The SMILES string of the molecule is CCCCCCCCCCCCCCCCc1ccccc1OS(=O)(=O)Oc1ccccc1CCCCCCCCCCCCCCCC. The summed E-state index contributed by atoms with van der Waals surface area (Å²) >= 11 is 0. The van der Waals surface area contributed by atoms with Crippen LogP contribution in [0.4, 0.5) is 0 Å². The van der Waals surface area contributed by atoms with Crippen LogP contribution >= 0.6 is 0 Å². The van der Waals surface area contributed by atoms with Gasteiger partial charge in [0.2, 0.25) is 0 Å². The van der Waals surface area contributed by atoms with Gasteiger partial charge in [0.25, 0.3) is 0 Å². The molecule has 4 nitrogen and oxygen atoms in total. The highest BCUT2D eigenvalue weighted by atomic mass is 32.3. The molecule has 0 aliphatic carbocycles. The van der Waals surface area contributed by atoms with Gasteiger partial charge in [-0.3, -0.25) is 0 Å². The second kappa shape index (κ2) is 29.7. The highest BCUT2D eigenvalue weighted by Gasteiger charge is 2.19. The van der Waals surface area contributed by atoms with Crippen LogP contribution in [0.5, 0.6) is 11.5 Å². The Morgan fingerprint density at radius 2 is 0.612 bits per heavy atom. The highest BCUT2D eigenvalue weighted by molar-refractivity contribution is 7.82. The number of rotatable bonds is 34. The van der Waals surface area contributed by atoms with Crippen LogP contribution < -0.4 is 8.37 Å². The van der Waals surface area contributed by atoms with Gasteiger partial charge >= 0.3 is 10.4 Å². The molecule has 0 unspecified atom stereocenters. The van der Waals surface area contributed by atoms with Gasteiger partial charge in [0, 0.05) is 0 Å². The molecule has 0 aliphatic heterocycles. The monoisotopic (exact) mass is 699 g/mol. The summed E-state index contributed by atoms with van der Waals surface area (Å²) in [4.78, 5) is 0. The predicted molar refractivity (Wildman–Crippen MR) is 211 cm³/mol. The molecule has 0 spiro atoms. The van der Waals surface area contributed by atoms with Crippen molar-refractivity contribution in [1.29, 1.82) is 0 Å². The van der Waals surface area contributed by atoms with Crippen LogP contribution in [-0.2, 0) is 23.2 Å². The molecule has 0 atom stereocenters. The first kappa shape index (κ1) is 43.2. The van der Waals surface area contributed by atoms with Gasteiger partial charge in [-0.15, -0.1) is 8.42 Å². The van der Waals surface area contributed by atoms with Crippen molar-refractivity contribution in [2.24, 2.45) is 0 Å². The number of hydrogen-bond donors (Lipinski definition) is 0. The van der Waals surface area contributed by atoms with Crippen LogP contribution in [0.25, 0.3) is 0 Å². The topological polar surface area (TPSA) is 52.6 Å². The van der Waals surface area contributed by atoms with E-state index in [1.807, 2.05) is 36.4 Å². The molecular weight excluding hydrogens is 625 g/mol. The van der Waals surface area contributed by atoms with Crippen molar-refractivity contribution in [3.63, 3.8) is 0 Å². The molecule has 0 fully saturated rings. The number of hydrogen-bond acceptors (Lipinski definition) is 4. The first-order valence-electron chi connectivity index (χ1n) is 20.9. The van der Waals surface area contributed by atoms with E-state index in [1.54, 1.807) is 12.1 Å². The van der Waals surface area contributed by atoms with Gasteiger partial charge in [0.1, 0.15) is 11.5 Å². The average Bonchev–Trinajstić information content (AvgIpc) is 3.09. The molecule has 2 aromatic rings. The third-order valence-corrected chi connectivity index (χ3v) is 10.7. The smallest absolute Gasteiger partial charge is 0.353 e. The fourth-order valence-electron chi connectivity index (χ4n) is 6.84. The maximum absolute atomic E-state index is 13.0. The Kier molecular flexibility index (Phi) is 26.2. The van der Waals surface area contributed by atoms with E-state index < -0.39 is 10.4 Å². The second-order valence-electron chi connectivity index (χ2n) is 14.5. The van der Waals surface area contributed by atoms with Crippen molar-refractivity contribution in [2.75, 3.05) is 0 Å². The summed E-state index contributed by atoms with van der Waals surface area (Å²) in [6.07, 6.45) is 38.6. The normalized spacial score (nSPS) is 11.6. The predicted octanol–water partition coefficient (Wildman–Crippen LogP) is 14.4. The van der Waals surface area contributed by atoms with Crippen molar-refractivity contribution in [1.82, 2.24) is 0 Å². The number of aryl methyl sites for hydroxylation is 2. The quantitative estimate of drug-likeness (QED) is 0.0683. The van der Waals surface area contributed by atoms with E-state index in [9.17, 15) is 8.42 Å². The molecule has 0 aromatic heterocycles. The Labute approximate surface area is 303 Å². The van der Waals surface area contributed by atoms with E-state index in [2.05, 4.69) is 13.8 Å². The summed E-state index contributed by atoms with van der Waals surface area (Å²) < 4.78 is 37.1. The second-order valence-corrected chi connectivity index (χ2v) is 15.6. The first-order chi connectivity index (χ1) is 24.1. The average molecular weight is 699 g/mol. The van der Waals surface area contributed by atoms with Crippen LogP contribution in [-0.4, -0.2) is 8.42 Å². The molecule has 0 bridgehead atoms. The molecular formula is C44H74O4S. The summed E-state index contributed by atoms with van der Waals surface area (Å²) in [5.41, 5.74) is 1.84. The maximum atomic E-state index is 13.0. The van der Waals surface area contributed by atoms with Crippen molar-refractivity contribution in [2.45, 2.75) is 206 Å². The minimum atomic E-state index is -4.25. The lowest BCUT2D eigenvalue weighted by Crippen LogP contribution is -2.18. The Bertz CT molecular complexity index is 1060. The third-order valence-electron chi connectivity index (χ3n) is 9.93. The third kappa shape index (κ3) is 23.2. The van der Waals surface area contributed by atoms with E-state index in [1.165, 1.54) is 154 Å². The molecule has 280 valence electrons. The van der Waals surface area contributed by atoms with E-state index >= 15 is 0 Å². The number of benzene rings is 2. The molecule has 0 saturated carbocycles. The highest BCUT2D eigenvalue weighted by Crippen LogP contribution is 2.27. The fraction of sp³-hybridized carbons (Fsp3) is 0.727. The minimum absolute atomic E-state index is 0.377. The van der Waals surface area contributed by atoms with Crippen LogP contribution in [0, 0.1) is 0 Å². The molecule has 2 aromatic carbocycles. The molecule has 0 saturated heterocycles. The van der Waals surface area contributed by atoms with Gasteiger partial charge < -0.3 is 8.37 Å². The largest absolute Gasteiger partial charge is 0.501 e. The van der Waals surface area contributed by atoms with E-state index in [-0.39, 0.29) is 0 Å². The van der Waals surface area contributed by atoms with Gasteiger partial charge in [-0.25, -0.2) is 0 Å². The minimum Gasteiger partial charge on any atom is -0.353 e. The molecule has 0 aliphatic rings. The summed E-state index contributed by atoms with van der Waals surface area (Å²) in [6.45, 7) is 4.55. The zero-order valence-corrected chi connectivity index (χ0v) is 32.7.